The lowest BCUT2D eigenvalue weighted by Gasteiger charge is -2.18. The zero-order chi connectivity index (χ0) is 13.5. The van der Waals surface area contributed by atoms with Crippen molar-refractivity contribution in [1.82, 2.24) is 5.32 Å². The molecule has 0 aromatic heterocycles. The van der Waals surface area contributed by atoms with Crippen LogP contribution in [0, 0.1) is 6.92 Å². The van der Waals surface area contributed by atoms with E-state index in [0.29, 0.717) is 0 Å². The van der Waals surface area contributed by atoms with Crippen LogP contribution in [-0.4, -0.2) is 18.0 Å². The number of aryl methyl sites for hydroxylation is 1. The maximum Gasteiger partial charge on any atom is 0.241 e. The van der Waals surface area contributed by atoms with Gasteiger partial charge in [-0.2, -0.15) is 0 Å². The minimum atomic E-state index is -0.221. The second kappa shape index (κ2) is 6.97. The fourth-order valence-corrected chi connectivity index (χ4v) is 1.71. The van der Waals surface area contributed by atoms with Gasteiger partial charge in [-0.05, 0) is 39.3 Å². The van der Waals surface area contributed by atoms with Gasteiger partial charge >= 0.3 is 0 Å². The van der Waals surface area contributed by atoms with E-state index in [1.165, 1.54) is 5.56 Å². The molecule has 0 spiro atoms. The Labute approximate surface area is 109 Å². The number of hydrogen-bond acceptors (Lipinski definition) is 2. The lowest BCUT2D eigenvalue weighted by molar-refractivity contribution is -0.117. The number of amides is 1. The van der Waals surface area contributed by atoms with Crippen molar-refractivity contribution in [2.24, 2.45) is 0 Å². The van der Waals surface area contributed by atoms with Crippen LogP contribution in [-0.2, 0) is 4.79 Å². The Balaban J connectivity index is 2.49. The van der Waals surface area contributed by atoms with E-state index in [-0.39, 0.29) is 18.0 Å². The van der Waals surface area contributed by atoms with Crippen LogP contribution in [0.15, 0.2) is 36.9 Å². The molecule has 2 unspecified atom stereocenters. The second-order valence-corrected chi connectivity index (χ2v) is 4.67. The highest BCUT2D eigenvalue weighted by atomic mass is 16.2. The summed E-state index contributed by atoms with van der Waals surface area (Å²) >= 11 is 0. The van der Waals surface area contributed by atoms with E-state index in [9.17, 15) is 4.79 Å². The van der Waals surface area contributed by atoms with Crippen LogP contribution in [0.1, 0.15) is 25.8 Å². The van der Waals surface area contributed by atoms with Gasteiger partial charge in [-0.25, -0.2) is 0 Å². The van der Waals surface area contributed by atoms with Gasteiger partial charge in [0.05, 0.1) is 6.04 Å². The summed E-state index contributed by atoms with van der Waals surface area (Å²) in [6, 6.07) is 7.81. The van der Waals surface area contributed by atoms with Crippen LogP contribution in [0.4, 0.5) is 5.69 Å². The number of hydrogen-bond donors (Lipinski definition) is 2. The summed E-state index contributed by atoms with van der Waals surface area (Å²) in [5, 5.41) is 6.12. The maximum atomic E-state index is 11.9. The Morgan fingerprint density at radius 2 is 1.94 bits per heavy atom. The van der Waals surface area contributed by atoms with Crippen molar-refractivity contribution >= 4 is 11.6 Å². The van der Waals surface area contributed by atoms with E-state index in [1.54, 1.807) is 0 Å². The quantitative estimate of drug-likeness (QED) is 0.758. The summed E-state index contributed by atoms with van der Waals surface area (Å²) in [4.78, 5) is 11.9. The highest BCUT2D eigenvalue weighted by Gasteiger charge is 2.14. The molecule has 0 fully saturated rings. The van der Waals surface area contributed by atoms with Crippen LogP contribution in [0.5, 0.6) is 0 Å². The van der Waals surface area contributed by atoms with Gasteiger partial charge in [-0.1, -0.05) is 23.8 Å². The summed E-state index contributed by atoms with van der Waals surface area (Å²) in [6.45, 7) is 9.61. The molecule has 1 amide bonds. The molecule has 0 heterocycles. The summed E-state index contributed by atoms with van der Waals surface area (Å²) in [5.41, 5.74) is 2.01. The lowest BCUT2D eigenvalue weighted by atomic mass is 10.2. The van der Waals surface area contributed by atoms with Gasteiger partial charge in [0.2, 0.25) is 5.91 Å². The highest BCUT2D eigenvalue weighted by Crippen LogP contribution is 2.09. The first kappa shape index (κ1) is 14.5. The van der Waals surface area contributed by atoms with Gasteiger partial charge in [-0.15, -0.1) is 6.58 Å². The van der Waals surface area contributed by atoms with Gasteiger partial charge < -0.3 is 10.6 Å². The van der Waals surface area contributed by atoms with Crippen LogP contribution < -0.4 is 10.6 Å². The van der Waals surface area contributed by atoms with Crippen LogP contribution in [0.25, 0.3) is 0 Å². The smallest absolute Gasteiger partial charge is 0.241 e. The average molecular weight is 246 g/mol. The van der Waals surface area contributed by atoms with E-state index in [4.69, 9.17) is 0 Å². The molecule has 3 heteroatoms. The first-order valence-corrected chi connectivity index (χ1v) is 6.27. The third-order valence-electron chi connectivity index (χ3n) is 2.77. The minimum absolute atomic E-state index is 0.0187. The number of carbonyl (C=O) groups is 1. The molecule has 2 atom stereocenters. The molecular weight excluding hydrogens is 224 g/mol. The predicted molar refractivity (Wildman–Crippen MR) is 76.7 cm³/mol. The fourth-order valence-electron chi connectivity index (χ4n) is 1.71. The molecule has 1 rings (SSSR count). The van der Waals surface area contributed by atoms with E-state index < -0.39 is 0 Å². The lowest BCUT2D eigenvalue weighted by Crippen LogP contribution is -2.42. The summed E-state index contributed by atoms with van der Waals surface area (Å²) in [5.74, 6) is -0.0187. The van der Waals surface area contributed by atoms with Crippen molar-refractivity contribution in [2.45, 2.75) is 39.3 Å². The van der Waals surface area contributed by atoms with Crippen LogP contribution in [0.2, 0.25) is 0 Å². The molecule has 0 aliphatic rings. The van der Waals surface area contributed by atoms with Gasteiger partial charge in [0, 0.05) is 11.7 Å². The SMILES string of the molecule is C=CCC(C)NC(C)C(=O)Nc1ccc(C)cc1. The summed E-state index contributed by atoms with van der Waals surface area (Å²) in [7, 11) is 0. The van der Waals surface area contributed by atoms with E-state index in [2.05, 4.69) is 17.2 Å². The van der Waals surface area contributed by atoms with E-state index >= 15 is 0 Å². The largest absolute Gasteiger partial charge is 0.325 e. The monoisotopic (exact) mass is 246 g/mol. The predicted octanol–water partition coefficient (Wildman–Crippen LogP) is 2.88. The molecule has 0 saturated heterocycles. The van der Waals surface area contributed by atoms with Gasteiger partial charge in [0.15, 0.2) is 0 Å². The molecule has 3 nitrogen and oxygen atoms in total. The van der Waals surface area contributed by atoms with Gasteiger partial charge in [0.25, 0.3) is 0 Å². The first-order chi connectivity index (χ1) is 8.52. The van der Waals surface area contributed by atoms with Crippen molar-refractivity contribution < 1.29 is 4.79 Å². The molecule has 1 aromatic carbocycles. The van der Waals surface area contributed by atoms with Crippen molar-refractivity contribution in [3.8, 4) is 0 Å². The fraction of sp³-hybridized carbons (Fsp3) is 0.400. The Kier molecular flexibility index (Phi) is 5.59. The number of anilines is 1. The maximum absolute atomic E-state index is 11.9. The van der Waals surface area contributed by atoms with Gasteiger partial charge in [-0.3, -0.25) is 4.79 Å². The number of rotatable bonds is 6. The summed E-state index contributed by atoms with van der Waals surface area (Å²) < 4.78 is 0. The van der Waals surface area contributed by atoms with Gasteiger partial charge in [0.1, 0.15) is 0 Å². The highest BCUT2D eigenvalue weighted by molar-refractivity contribution is 5.94. The molecule has 18 heavy (non-hydrogen) atoms. The van der Waals surface area contributed by atoms with Crippen molar-refractivity contribution in [2.75, 3.05) is 5.32 Å². The molecule has 0 saturated carbocycles. The van der Waals surface area contributed by atoms with Crippen LogP contribution >= 0.6 is 0 Å². The molecule has 0 aliphatic heterocycles. The molecule has 2 N–H and O–H groups in total. The third-order valence-corrected chi connectivity index (χ3v) is 2.77. The zero-order valence-electron chi connectivity index (χ0n) is 11.4. The molecule has 1 aromatic rings. The number of nitrogens with one attached hydrogen (secondary N) is 2. The first-order valence-electron chi connectivity index (χ1n) is 6.27. The molecule has 98 valence electrons. The third kappa shape index (κ3) is 4.72. The van der Waals surface area contributed by atoms with Crippen molar-refractivity contribution in [3.05, 3.63) is 42.5 Å². The minimum Gasteiger partial charge on any atom is -0.325 e. The van der Waals surface area contributed by atoms with E-state index in [0.717, 1.165) is 12.1 Å². The topological polar surface area (TPSA) is 41.1 Å². The summed E-state index contributed by atoms with van der Waals surface area (Å²) in [6.07, 6.45) is 2.70. The van der Waals surface area contributed by atoms with Crippen LogP contribution in [0.3, 0.4) is 0 Å². The normalized spacial score (nSPS) is 13.7. The molecule has 0 aliphatic carbocycles. The number of carbonyl (C=O) groups excluding carboxylic acids is 1. The Hall–Kier alpha value is -1.61. The Morgan fingerprint density at radius 1 is 1.33 bits per heavy atom. The Morgan fingerprint density at radius 3 is 2.50 bits per heavy atom. The molecule has 0 bridgehead atoms. The Bertz CT molecular complexity index is 397. The number of benzene rings is 1. The molecule has 0 radical (unpaired) electrons. The van der Waals surface area contributed by atoms with Crippen molar-refractivity contribution in [1.29, 1.82) is 0 Å². The van der Waals surface area contributed by atoms with E-state index in [1.807, 2.05) is 51.1 Å². The standard InChI is InChI=1S/C15H22N2O/c1-5-6-12(3)16-13(4)15(18)17-14-9-7-11(2)8-10-14/h5,7-10,12-13,16H,1,6H2,2-4H3,(H,17,18). The zero-order valence-corrected chi connectivity index (χ0v) is 11.4. The molecular formula is C15H22N2O. The second-order valence-electron chi connectivity index (χ2n) is 4.67. The average Bonchev–Trinajstić information content (AvgIpc) is 2.32. The van der Waals surface area contributed by atoms with Crippen molar-refractivity contribution in [3.63, 3.8) is 0 Å².